The maximum atomic E-state index is 13.2. The molecule has 4 aliphatic rings. The van der Waals surface area contributed by atoms with Crippen molar-refractivity contribution in [2.45, 2.75) is 83.3 Å². The fourth-order valence-electron chi connectivity index (χ4n) is 5.10. The van der Waals surface area contributed by atoms with Gasteiger partial charge in [0.05, 0.1) is 6.10 Å². The molecule has 5 rings (SSSR count). The number of piperidine rings is 2. The topological polar surface area (TPSA) is 76.1 Å². The van der Waals surface area contributed by atoms with Gasteiger partial charge < -0.3 is 14.6 Å². The molecule has 2 aliphatic carbocycles. The van der Waals surface area contributed by atoms with Crippen LogP contribution in [-0.2, 0) is 20.9 Å². The molecule has 30 heavy (non-hydrogen) atoms. The van der Waals surface area contributed by atoms with E-state index >= 15 is 0 Å². The number of amides is 1. The Kier molecular flexibility index (Phi) is 5.80. The van der Waals surface area contributed by atoms with Crippen molar-refractivity contribution in [1.29, 1.82) is 0 Å². The Hall–Kier alpha value is -2.08. The van der Waals surface area contributed by atoms with Crippen molar-refractivity contribution in [3.63, 3.8) is 0 Å². The molecule has 2 aliphatic heterocycles. The fourth-order valence-corrected chi connectivity index (χ4v) is 5.10. The molecule has 6 heteroatoms. The molecule has 5 atom stereocenters. The summed E-state index contributed by atoms with van der Waals surface area (Å²) in [6.45, 7) is 5.63. The van der Waals surface area contributed by atoms with Gasteiger partial charge in [-0.05, 0) is 51.5 Å². The Labute approximate surface area is 178 Å². The highest BCUT2D eigenvalue weighted by atomic mass is 16.6. The SMILES string of the molecule is CC(C)(C)OC(=O)N1[C@H](C(=O)OCc2ccccc2)[C@@H]2CC[C@H]1C(CC1CC1)C2O. The van der Waals surface area contributed by atoms with E-state index < -0.39 is 29.8 Å². The molecule has 2 heterocycles. The summed E-state index contributed by atoms with van der Waals surface area (Å²) in [6.07, 6.45) is 3.74. The molecule has 2 bridgehead atoms. The third kappa shape index (κ3) is 4.48. The summed E-state index contributed by atoms with van der Waals surface area (Å²) in [4.78, 5) is 27.9. The Morgan fingerprint density at radius 2 is 1.80 bits per heavy atom. The number of carbonyl (C=O) groups excluding carboxylic acids is 2. The van der Waals surface area contributed by atoms with Crippen LogP contribution in [0.2, 0.25) is 0 Å². The van der Waals surface area contributed by atoms with Gasteiger partial charge in [-0.3, -0.25) is 4.90 Å². The Morgan fingerprint density at radius 3 is 2.43 bits per heavy atom. The molecular formula is C24H33NO5. The third-order valence-corrected chi connectivity index (χ3v) is 6.60. The molecule has 1 aromatic rings. The maximum absolute atomic E-state index is 13.2. The van der Waals surface area contributed by atoms with Gasteiger partial charge in [-0.15, -0.1) is 0 Å². The van der Waals surface area contributed by atoms with Gasteiger partial charge in [0.15, 0.2) is 0 Å². The standard InChI is InChI=1S/C24H33NO5/c1-24(2,3)30-23(28)25-19-12-11-17(21(26)18(19)13-15-9-10-15)20(25)22(27)29-14-16-7-5-4-6-8-16/h4-8,15,17-21,26H,9-14H2,1-3H3/t17-,18?,19-,20-,21?/m0/s1. The van der Waals surface area contributed by atoms with Gasteiger partial charge in [0.2, 0.25) is 0 Å². The van der Waals surface area contributed by atoms with Gasteiger partial charge in [-0.2, -0.15) is 0 Å². The van der Waals surface area contributed by atoms with Crippen LogP contribution in [0.25, 0.3) is 0 Å². The van der Waals surface area contributed by atoms with Gasteiger partial charge in [0.1, 0.15) is 18.2 Å². The number of rotatable bonds is 5. The second-order valence-electron chi connectivity index (χ2n) is 10.1. The molecule has 1 amide bonds. The average Bonchev–Trinajstić information content (AvgIpc) is 3.51. The highest BCUT2D eigenvalue weighted by Crippen LogP contribution is 2.49. The minimum atomic E-state index is -0.798. The van der Waals surface area contributed by atoms with Crippen LogP contribution >= 0.6 is 0 Å². The monoisotopic (exact) mass is 415 g/mol. The number of nitrogens with zero attached hydrogens (tertiary/aromatic N) is 1. The Bertz CT molecular complexity index is 770. The molecule has 1 aromatic carbocycles. The predicted octanol–water partition coefficient (Wildman–Crippen LogP) is 3.90. The average molecular weight is 416 g/mol. The Balaban J connectivity index is 1.55. The van der Waals surface area contributed by atoms with E-state index in [1.54, 1.807) is 4.90 Å². The van der Waals surface area contributed by atoms with E-state index in [1.165, 1.54) is 12.8 Å². The molecule has 0 aromatic heterocycles. The lowest BCUT2D eigenvalue weighted by Gasteiger charge is -2.55. The van der Waals surface area contributed by atoms with E-state index in [9.17, 15) is 14.7 Å². The lowest BCUT2D eigenvalue weighted by molar-refractivity contribution is -0.176. The summed E-state index contributed by atoms with van der Waals surface area (Å²) in [5.74, 6) is -0.132. The van der Waals surface area contributed by atoms with Crippen LogP contribution < -0.4 is 0 Å². The maximum Gasteiger partial charge on any atom is 0.411 e. The summed E-state index contributed by atoms with van der Waals surface area (Å²) >= 11 is 0. The summed E-state index contributed by atoms with van der Waals surface area (Å²) in [7, 11) is 0. The largest absolute Gasteiger partial charge is 0.459 e. The molecular weight excluding hydrogens is 382 g/mol. The van der Waals surface area contributed by atoms with Crippen LogP contribution in [0.5, 0.6) is 0 Å². The van der Waals surface area contributed by atoms with Crippen molar-refractivity contribution >= 4 is 12.1 Å². The summed E-state index contributed by atoms with van der Waals surface area (Å²) < 4.78 is 11.3. The molecule has 4 fully saturated rings. The first-order chi connectivity index (χ1) is 14.2. The molecule has 2 saturated carbocycles. The first kappa shape index (κ1) is 21.2. The molecule has 1 N–H and O–H groups in total. The van der Waals surface area contributed by atoms with Gasteiger partial charge in [-0.25, -0.2) is 9.59 Å². The van der Waals surface area contributed by atoms with Crippen LogP contribution in [0.3, 0.4) is 0 Å². The van der Waals surface area contributed by atoms with Crippen molar-refractivity contribution in [2.75, 3.05) is 0 Å². The number of esters is 1. The number of hydrogen-bond donors (Lipinski definition) is 1. The molecule has 164 valence electrons. The number of ether oxygens (including phenoxy) is 2. The number of aliphatic hydroxyl groups is 1. The van der Waals surface area contributed by atoms with Crippen LogP contribution in [-0.4, -0.2) is 45.9 Å². The first-order valence-electron chi connectivity index (χ1n) is 11.1. The van der Waals surface area contributed by atoms with Crippen LogP contribution in [0.4, 0.5) is 4.79 Å². The predicted molar refractivity (Wildman–Crippen MR) is 111 cm³/mol. The zero-order valence-corrected chi connectivity index (χ0v) is 18.1. The minimum Gasteiger partial charge on any atom is -0.459 e. The van der Waals surface area contributed by atoms with Gasteiger partial charge in [-0.1, -0.05) is 43.2 Å². The van der Waals surface area contributed by atoms with Crippen molar-refractivity contribution in [2.24, 2.45) is 17.8 Å². The van der Waals surface area contributed by atoms with E-state index in [0.717, 1.165) is 24.8 Å². The van der Waals surface area contributed by atoms with Crippen LogP contribution in [0.1, 0.15) is 58.4 Å². The number of hydrogen-bond acceptors (Lipinski definition) is 5. The second-order valence-corrected chi connectivity index (χ2v) is 10.1. The molecule has 2 saturated heterocycles. The minimum absolute atomic E-state index is 0.00180. The van der Waals surface area contributed by atoms with E-state index in [-0.39, 0.29) is 24.5 Å². The van der Waals surface area contributed by atoms with Crippen molar-refractivity contribution < 1.29 is 24.2 Å². The van der Waals surface area contributed by atoms with Crippen molar-refractivity contribution in [3.8, 4) is 0 Å². The number of benzene rings is 1. The van der Waals surface area contributed by atoms with Crippen LogP contribution in [0, 0.1) is 17.8 Å². The summed E-state index contributed by atoms with van der Waals surface area (Å²) in [5.41, 5.74) is 0.236. The quantitative estimate of drug-likeness (QED) is 0.738. The molecule has 0 spiro atoms. The van der Waals surface area contributed by atoms with E-state index in [2.05, 4.69) is 0 Å². The van der Waals surface area contributed by atoms with E-state index in [0.29, 0.717) is 5.92 Å². The number of carbonyl (C=O) groups is 2. The van der Waals surface area contributed by atoms with E-state index in [4.69, 9.17) is 9.47 Å². The zero-order valence-electron chi connectivity index (χ0n) is 18.1. The highest BCUT2D eigenvalue weighted by molar-refractivity contribution is 5.83. The van der Waals surface area contributed by atoms with Gasteiger partial charge in [0.25, 0.3) is 0 Å². The third-order valence-electron chi connectivity index (χ3n) is 6.60. The first-order valence-corrected chi connectivity index (χ1v) is 11.1. The summed E-state index contributed by atoms with van der Waals surface area (Å²) in [5, 5.41) is 11.1. The van der Waals surface area contributed by atoms with Gasteiger partial charge >= 0.3 is 12.1 Å². The molecule has 6 nitrogen and oxygen atoms in total. The molecule has 2 unspecified atom stereocenters. The lowest BCUT2D eigenvalue weighted by Crippen LogP contribution is -2.69. The Morgan fingerprint density at radius 1 is 1.10 bits per heavy atom. The normalized spacial score (nSPS) is 30.8. The number of aliphatic hydroxyl groups excluding tert-OH is 1. The zero-order chi connectivity index (χ0) is 21.5. The van der Waals surface area contributed by atoms with Crippen LogP contribution in [0.15, 0.2) is 30.3 Å². The molecule has 0 radical (unpaired) electrons. The second kappa shape index (κ2) is 8.22. The van der Waals surface area contributed by atoms with E-state index in [1.807, 2.05) is 51.1 Å². The van der Waals surface area contributed by atoms with Crippen molar-refractivity contribution in [3.05, 3.63) is 35.9 Å². The van der Waals surface area contributed by atoms with Crippen molar-refractivity contribution in [1.82, 2.24) is 4.90 Å². The highest BCUT2D eigenvalue weighted by Gasteiger charge is 2.58. The summed E-state index contributed by atoms with van der Waals surface area (Å²) in [6, 6.07) is 8.50. The fraction of sp³-hybridized carbons (Fsp3) is 0.667. The smallest absolute Gasteiger partial charge is 0.411 e. The van der Waals surface area contributed by atoms with Gasteiger partial charge in [0, 0.05) is 17.9 Å². The lowest BCUT2D eigenvalue weighted by atomic mass is 9.65. The number of fused-ring (bicyclic) bond motifs is 3.